The van der Waals surface area contributed by atoms with Crippen LogP contribution in [-0.2, 0) is 14.3 Å². The first-order chi connectivity index (χ1) is 13.5. The highest BCUT2D eigenvalue weighted by Crippen LogP contribution is 2.28. The number of rotatable bonds is 8. The minimum atomic E-state index is -0.648. The molecule has 0 atom stereocenters. The van der Waals surface area contributed by atoms with Gasteiger partial charge in [0, 0.05) is 11.6 Å². The van der Waals surface area contributed by atoms with Gasteiger partial charge in [0.1, 0.15) is 0 Å². The van der Waals surface area contributed by atoms with Crippen molar-refractivity contribution in [2.45, 2.75) is 57.9 Å². The van der Waals surface area contributed by atoms with Gasteiger partial charge in [0.25, 0.3) is 5.91 Å². The van der Waals surface area contributed by atoms with E-state index in [1.165, 1.54) is 33.3 Å². The lowest BCUT2D eigenvalue weighted by molar-refractivity contribution is -0.150. The van der Waals surface area contributed by atoms with Crippen LogP contribution in [0.3, 0.4) is 0 Å². The average Bonchev–Trinajstić information content (AvgIpc) is 2.66. The number of benzene rings is 1. The van der Waals surface area contributed by atoms with E-state index in [4.69, 9.17) is 14.2 Å². The molecule has 0 heterocycles. The van der Waals surface area contributed by atoms with Crippen LogP contribution in [0.4, 0.5) is 0 Å². The van der Waals surface area contributed by atoms with Gasteiger partial charge in [0.2, 0.25) is 0 Å². The van der Waals surface area contributed by atoms with E-state index in [9.17, 15) is 14.4 Å². The number of ketones is 1. The Bertz CT molecular complexity index is 679. The second-order valence-corrected chi connectivity index (χ2v) is 6.98. The third-order valence-corrected chi connectivity index (χ3v) is 4.75. The summed E-state index contributed by atoms with van der Waals surface area (Å²) in [5, 5.41) is 2.94. The van der Waals surface area contributed by atoms with Crippen molar-refractivity contribution < 1.29 is 28.6 Å². The first-order valence-corrected chi connectivity index (χ1v) is 9.76. The van der Waals surface area contributed by atoms with Gasteiger partial charge in [0.15, 0.2) is 30.5 Å². The van der Waals surface area contributed by atoms with Crippen molar-refractivity contribution in [3.05, 3.63) is 23.8 Å². The summed E-state index contributed by atoms with van der Waals surface area (Å²) >= 11 is 0. The van der Waals surface area contributed by atoms with Crippen molar-refractivity contribution in [2.75, 3.05) is 20.3 Å². The zero-order chi connectivity index (χ0) is 20.4. The van der Waals surface area contributed by atoms with Crippen LogP contribution in [0.2, 0.25) is 0 Å². The average molecular weight is 391 g/mol. The first-order valence-electron chi connectivity index (χ1n) is 9.76. The fraction of sp³-hybridized carbons (Fsp3) is 0.571. The van der Waals surface area contributed by atoms with Crippen LogP contribution in [0.5, 0.6) is 11.5 Å². The number of esters is 1. The van der Waals surface area contributed by atoms with Gasteiger partial charge >= 0.3 is 5.97 Å². The summed E-state index contributed by atoms with van der Waals surface area (Å²) in [5.74, 6) is -0.363. The van der Waals surface area contributed by atoms with Gasteiger partial charge in [-0.2, -0.15) is 0 Å². The Kier molecular flexibility index (Phi) is 8.78. The Labute approximate surface area is 165 Å². The molecule has 0 aromatic heterocycles. The summed E-state index contributed by atoms with van der Waals surface area (Å²) in [4.78, 5) is 35.3. The quantitative estimate of drug-likeness (QED) is 0.541. The Morgan fingerprint density at radius 2 is 1.68 bits per heavy atom. The summed E-state index contributed by atoms with van der Waals surface area (Å²) in [6.45, 7) is 0.778. The van der Waals surface area contributed by atoms with E-state index in [2.05, 4.69) is 5.32 Å². The summed E-state index contributed by atoms with van der Waals surface area (Å²) < 4.78 is 15.6. The lowest BCUT2D eigenvalue weighted by atomic mass is 9.97. The number of carbonyl (C=O) groups is 3. The molecule has 2 rings (SSSR count). The van der Waals surface area contributed by atoms with E-state index in [1.54, 1.807) is 18.2 Å². The van der Waals surface area contributed by atoms with Gasteiger partial charge in [-0.15, -0.1) is 0 Å². The topological polar surface area (TPSA) is 90.9 Å². The summed E-state index contributed by atoms with van der Waals surface area (Å²) in [6, 6.07) is 4.86. The maximum Gasteiger partial charge on any atom is 0.344 e. The molecule has 1 aliphatic carbocycles. The number of amides is 1. The SMILES string of the molecule is COc1cc(C(C)=O)ccc1OCC(=O)OCC(=O)NC1CCCCCCC1. The second-order valence-electron chi connectivity index (χ2n) is 6.98. The van der Waals surface area contributed by atoms with Crippen molar-refractivity contribution in [1.29, 1.82) is 0 Å². The highest BCUT2D eigenvalue weighted by molar-refractivity contribution is 5.94. The van der Waals surface area contributed by atoms with Gasteiger partial charge in [-0.25, -0.2) is 4.79 Å². The van der Waals surface area contributed by atoms with Crippen LogP contribution in [0.25, 0.3) is 0 Å². The fourth-order valence-corrected chi connectivity index (χ4v) is 3.20. The Balaban J connectivity index is 1.74. The Morgan fingerprint density at radius 3 is 2.32 bits per heavy atom. The van der Waals surface area contributed by atoms with Crippen LogP contribution in [-0.4, -0.2) is 44.0 Å². The number of methoxy groups -OCH3 is 1. The molecule has 154 valence electrons. The lowest BCUT2D eigenvalue weighted by Crippen LogP contribution is -2.38. The number of carbonyl (C=O) groups excluding carboxylic acids is 3. The maximum absolute atomic E-state index is 12.0. The molecule has 0 bridgehead atoms. The Hall–Kier alpha value is -2.57. The van der Waals surface area contributed by atoms with Crippen molar-refractivity contribution in [3.63, 3.8) is 0 Å². The fourth-order valence-electron chi connectivity index (χ4n) is 3.20. The highest BCUT2D eigenvalue weighted by atomic mass is 16.6. The van der Waals surface area contributed by atoms with E-state index >= 15 is 0 Å². The number of hydrogen-bond donors (Lipinski definition) is 1. The third-order valence-electron chi connectivity index (χ3n) is 4.75. The summed E-state index contributed by atoms with van der Waals surface area (Å²) in [5.41, 5.74) is 0.484. The third kappa shape index (κ3) is 7.21. The molecule has 1 amide bonds. The number of Topliss-reactive ketones (excluding diaryl/α,β-unsaturated/α-hetero) is 1. The molecule has 1 aromatic carbocycles. The van der Waals surface area contributed by atoms with E-state index in [1.807, 2.05) is 0 Å². The van der Waals surface area contributed by atoms with E-state index in [0.29, 0.717) is 17.1 Å². The maximum atomic E-state index is 12.0. The van der Waals surface area contributed by atoms with Gasteiger partial charge in [-0.1, -0.05) is 32.1 Å². The molecule has 1 aromatic rings. The number of hydrogen-bond acceptors (Lipinski definition) is 6. The molecule has 0 radical (unpaired) electrons. The normalized spacial score (nSPS) is 15.1. The van der Waals surface area contributed by atoms with Crippen LogP contribution in [0, 0.1) is 0 Å². The van der Waals surface area contributed by atoms with Gasteiger partial charge in [0.05, 0.1) is 7.11 Å². The number of ether oxygens (including phenoxy) is 3. The lowest BCUT2D eigenvalue weighted by Gasteiger charge is -2.20. The van der Waals surface area contributed by atoms with Crippen LogP contribution in [0.15, 0.2) is 18.2 Å². The van der Waals surface area contributed by atoms with Crippen molar-refractivity contribution in [1.82, 2.24) is 5.32 Å². The van der Waals surface area contributed by atoms with Crippen LogP contribution < -0.4 is 14.8 Å². The number of nitrogens with one attached hydrogen (secondary N) is 1. The largest absolute Gasteiger partial charge is 0.493 e. The molecule has 1 fully saturated rings. The molecular weight excluding hydrogens is 362 g/mol. The van der Waals surface area contributed by atoms with Gasteiger partial charge in [-0.05, 0) is 38.0 Å². The molecule has 7 heteroatoms. The molecule has 0 unspecified atom stereocenters. The summed E-state index contributed by atoms with van der Waals surface area (Å²) in [6.07, 6.45) is 7.84. The molecule has 7 nitrogen and oxygen atoms in total. The monoisotopic (exact) mass is 391 g/mol. The molecule has 1 aliphatic rings. The minimum absolute atomic E-state index is 0.0976. The van der Waals surface area contributed by atoms with Crippen LogP contribution >= 0.6 is 0 Å². The molecular formula is C21H29NO6. The predicted octanol–water partition coefficient (Wildman–Crippen LogP) is 3.05. The molecule has 28 heavy (non-hydrogen) atoms. The molecule has 1 saturated carbocycles. The molecule has 0 aliphatic heterocycles. The van der Waals surface area contributed by atoms with Crippen molar-refractivity contribution >= 4 is 17.7 Å². The van der Waals surface area contributed by atoms with E-state index in [0.717, 1.165) is 25.7 Å². The Morgan fingerprint density at radius 1 is 1.00 bits per heavy atom. The molecule has 1 N–H and O–H groups in total. The van der Waals surface area contributed by atoms with Crippen LogP contribution in [0.1, 0.15) is 62.2 Å². The summed E-state index contributed by atoms with van der Waals surface area (Å²) in [7, 11) is 1.45. The van der Waals surface area contributed by atoms with Crippen molar-refractivity contribution in [2.24, 2.45) is 0 Å². The first kappa shape index (κ1) is 21.7. The highest BCUT2D eigenvalue weighted by Gasteiger charge is 2.16. The minimum Gasteiger partial charge on any atom is -0.493 e. The van der Waals surface area contributed by atoms with Gasteiger partial charge < -0.3 is 19.5 Å². The smallest absolute Gasteiger partial charge is 0.344 e. The van der Waals surface area contributed by atoms with E-state index in [-0.39, 0.29) is 30.9 Å². The standard InChI is InChI=1S/C21H29NO6/c1-15(23)16-10-11-18(19(12-16)26-2)27-14-21(25)28-13-20(24)22-17-8-6-4-3-5-7-9-17/h10-12,17H,3-9,13-14H2,1-2H3,(H,22,24). The van der Waals surface area contributed by atoms with E-state index < -0.39 is 5.97 Å². The van der Waals surface area contributed by atoms with Crippen molar-refractivity contribution in [3.8, 4) is 11.5 Å². The second kappa shape index (κ2) is 11.3. The van der Waals surface area contributed by atoms with Gasteiger partial charge in [-0.3, -0.25) is 9.59 Å². The zero-order valence-corrected chi connectivity index (χ0v) is 16.6. The molecule has 0 saturated heterocycles. The molecule has 0 spiro atoms. The predicted molar refractivity (Wildman–Crippen MR) is 104 cm³/mol. The zero-order valence-electron chi connectivity index (χ0n) is 16.6.